The summed E-state index contributed by atoms with van der Waals surface area (Å²) >= 11 is 0. The van der Waals surface area contributed by atoms with Crippen LogP contribution in [0.15, 0.2) is 60.9 Å². The third kappa shape index (κ3) is 2.71. The quantitative estimate of drug-likeness (QED) is 0.746. The van der Waals surface area contributed by atoms with Gasteiger partial charge in [0.1, 0.15) is 0 Å². The summed E-state index contributed by atoms with van der Waals surface area (Å²) in [6, 6.07) is 17.7. The molecular formula is C16H17N3O. The number of imidazole rings is 1. The smallest absolute Gasteiger partial charge is 0.0969 e. The summed E-state index contributed by atoms with van der Waals surface area (Å²) in [6.07, 6.45) is 1.32. The van der Waals surface area contributed by atoms with Crippen LogP contribution in [-0.4, -0.2) is 21.2 Å². The van der Waals surface area contributed by atoms with Crippen LogP contribution in [0.1, 0.15) is 11.7 Å². The zero-order valence-electron chi connectivity index (χ0n) is 11.1. The van der Waals surface area contributed by atoms with Crippen LogP contribution in [-0.2, 0) is 6.67 Å². The number of para-hydroxylation sites is 2. The highest BCUT2D eigenvalue weighted by atomic mass is 16.3. The summed E-state index contributed by atoms with van der Waals surface area (Å²) in [5, 5.41) is 13.3. The second-order valence-corrected chi connectivity index (χ2v) is 4.74. The van der Waals surface area contributed by atoms with Gasteiger partial charge >= 0.3 is 0 Å². The molecule has 0 aliphatic rings. The minimum Gasteiger partial charge on any atom is -0.387 e. The standard InChI is InChI=1S/C16H17N3O/c20-16(13-6-2-1-3-7-13)10-17-11-19-12-18-14-8-4-5-9-15(14)19/h1-9,12,16-17,20H,10-11H2/t16-/m1/s1. The molecule has 0 spiro atoms. The number of nitrogens with zero attached hydrogens (tertiary/aromatic N) is 2. The van der Waals surface area contributed by atoms with Crippen molar-refractivity contribution in [3.8, 4) is 0 Å². The molecule has 0 fully saturated rings. The Labute approximate surface area is 117 Å². The van der Waals surface area contributed by atoms with Crippen molar-refractivity contribution < 1.29 is 5.11 Å². The first kappa shape index (κ1) is 12.8. The van der Waals surface area contributed by atoms with Crippen LogP contribution in [0.4, 0.5) is 0 Å². The molecule has 0 saturated heterocycles. The van der Waals surface area contributed by atoms with Gasteiger partial charge in [0.05, 0.1) is 30.1 Å². The van der Waals surface area contributed by atoms with E-state index in [1.807, 2.05) is 65.5 Å². The van der Waals surface area contributed by atoms with E-state index >= 15 is 0 Å². The number of benzene rings is 2. The fourth-order valence-electron chi connectivity index (χ4n) is 2.25. The normalized spacial score (nSPS) is 12.7. The van der Waals surface area contributed by atoms with E-state index in [0.717, 1.165) is 16.6 Å². The van der Waals surface area contributed by atoms with Gasteiger partial charge in [-0.15, -0.1) is 0 Å². The maximum atomic E-state index is 10.1. The van der Waals surface area contributed by atoms with Crippen LogP contribution in [0.3, 0.4) is 0 Å². The lowest BCUT2D eigenvalue weighted by Crippen LogP contribution is -2.23. The summed E-state index contributed by atoms with van der Waals surface area (Å²) in [5.74, 6) is 0. The van der Waals surface area contributed by atoms with Crippen LogP contribution in [0.5, 0.6) is 0 Å². The molecule has 0 unspecified atom stereocenters. The molecule has 2 aromatic carbocycles. The van der Waals surface area contributed by atoms with E-state index in [0.29, 0.717) is 13.2 Å². The van der Waals surface area contributed by atoms with Crippen molar-refractivity contribution in [2.75, 3.05) is 6.54 Å². The molecule has 2 N–H and O–H groups in total. The zero-order valence-corrected chi connectivity index (χ0v) is 11.1. The van der Waals surface area contributed by atoms with Gasteiger partial charge in [-0.3, -0.25) is 5.32 Å². The molecule has 0 bridgehead atoms. The number of aromatic nitrogens is 2. The number of fused-ring (bicyclic) bond motifs is 1. The van der Waals surface area contributed by atoms with Crippen LogP contribution >= 0.6 is 0 Å². The van der Waals surface area contributed by atoms with Crippen LogP contribution in [0.2, 0.25) is 0 Å². The lowest BCUT2D eigenvalue weighted by molar-refractivity contribution is 0.171. The molecule has 4 heteroatoms. The minimum atomic E-state index is -0.494. The molecule has 102 valence electrons. The third-order valence-corrected chi connectivity index (χ3v) is 3.33. The van der Waals surface area contributed by atoms with E-state index in [1.54, 1.807) is 0 Å². The van der Waals surface area contributed by atoms with Crippen molar-refractivity contribution in [1.82, 2.24) is 14.9 Å². The van der Waals surface area contributed by atoms with Crippen molar-refractivity contribution >= 4 is 11.0 Å². The van der Waals surface area contributed by atoms with Gasteiger partial charge in [-0.2, -0.15) is 0 Å². The van der Waals surface area contributed by atoms with E-state index in [9.17, 15) is 5.11 Å². The summed E-state index contributed by atoms with van der Waals surface area (Å²) < 4.78 is 2.03. The predicted molar refractivity (Wildman–Crippen MR) is 79.1 cm³/mol. The monoisotopic (exact) mass is 267 g/mol. The van der Waals surface area contributed by atoms with Gasteiger partial charge in [-0.1, -0.05) is 42.5 Å². The molecule has 0 aliphatic carbocycles. The van der Waals surface area contributed by atoms with Gasteiger partial charge in [0, 0.05) is 6.54 Å². The topological polar surface area (TPSA) is 50.1 Å². The van der Waals surface area contributed by atoms with Crippen LogP contribution in [0.25, 0.3) is 11.0 Å². The van der Waals surface area contributed by atoms with Gasteiger partial charge in [0.2, 0.25) is 0 Å². The second-order valence-electron chi connectivity index (χ2n) is 4.74. The number of hydrogen-bond acceptors (Lipinski definition) is 3. The largest absolute Gasteiger partial charge is 0.387 e. The number of aliphatic hydroxyl groups is 1. The van der Waals surface area contributed by atoms with Crippen molar-refractivity contribution in [3.05, 3.63) is 66.5 Å². The Hall–Kier alpha value is -2.17. The lowest BCUT2D eigenvalue weighted by Gasteiger charge is -2.12. The fourth-order valence-corrected chi connectivity index (χ4v) is 2.25. The van der Waals surface area contributed by atoms with Crippen molar-refractivity contribution in [1.29, 1.82) is 0 Å². The molecule has 20 heavy (non-hydrogen) atoms. The highest BCUT2D eigenvalue weighted by Crippen LogP contribution is 2.12. The molecule has 0 saturated carbocycles. The molecule has 1 atom stereocenters. The van der Waals surface area contributed by atoms with E-state index in [1.165, 1.54) is 0 Å². The fraction of sp³-hybridized carbons (Fsp3) is 0.188. The van der Waals surface area contributed by atoms with Gasteiger partial charge in [-0.25, -0.2) is 4.98 Å². The average molecular weight is 267 g/mol. The predicted octanol–water partition coefficient (Wildman–Crippen LogP) is 2.32. The van der Waals surface area contributed by atoms with E-state index in [4.69, 9.17) is 0 Å². The third-order valence-electron chi connectivity index (χ3n) is 3.33. The highest BCUT2D eigenvalue weighted by molar-refractivity contribution is 5.74. The number of rotatable bonds is 5. The van der Waals surface area contributed by atoms with Crippen LogP contribution < -0.4 is 5.32 Å². The first-order valence-electron chi connectivity index (χ1n) is 6.68. The van der Waals surface area contributed by atoms with Gasteiger partial charge in [0.15, 0.2) is 0 Å². The van der Waals surface area contributed by atoms with Gasteiger partial charge in [0.25, 0.3) is 0 Å². The first-order chi connectivity index (χ1) is 9.84. The van der Waals surface area contributed by atoms with Crippen molar-refractivity contribution in [2.45, 2.75) is 12.8 Å². The van der Waals surface area contributed by atoms with Crippen molar-refractivity contribution in [3.63, 3.8) is 0 Å². The Morgan fingerprint density at radius 3 is 2.65 bits per heavy atom. The maximum Gasteiger partial charge on any atom is 0.0969 e. The number of aliphatic hydroxyl groups excluding tert-OH is 1. The Balaban J connectivity index is 1.60. The summed E-state index contributed by atoms with van der Waals surface area (Å²) in [4.78, 5) is 4.34. The summed E-state index contributed by atoms with van der Waals surface area (Å²) in [7, 11) is 0. The maximum absolute atomic E-state index is 10.1. The summed E-state index contributed by atoms with van der Waals surface area (Å²) in [6.45, 7) is 1.14. The Kier molecular flexibility index (Phi) is 3.76. The molecule has 0 radical (unpaired) electrons. The zero-order chi connectivity index (χ0) is 13.8. The molecule has 3 rings (SSSR count). The van der Waals surface area contributed by atoms with E-state index in [2.05, 4.69) is 10.3 Å². The van der Waals surface area contributed by atoms with E-state index < -0.39 is 6.10 Å². The van der Waals surface area contributed by atoms with E-state index in [-0.39, 0.29) is 0 Å². The number of nitrogens with one attached hydrogen (secondary N) is 1. The molecule has 0 amide bonds. The molecule has 1 aromatic heterocycles. The molecule has 3 aromatic rings. The average Bonchev–Trinajstić information content (AvgIpc) is 2.92. The Bertz CT molecular complexity index is 678. The SMILES string of the molecule is O[C@H](CNCn1cnc2ccccc21)c1ccccc1. The molecular weight excluding hydrogens is 250 g/mol. The minimum absolute atomic E-state index is 0.494. The Morgan fingerprint density at radius 2 is 1.80 bits per heavy atom. The van der Waals surface area contributed by atoms with Gasteiger partial charge in [-0.05, 0) is 17.7 Å². The first-order valence-corrected chi connectivity index (χ1v) is 6.68. The molecule has 0 aliphatic heterocycles. The van der Waals surface area contributed by atoms with Crippen molar-refractivity contribution in [2.24, 2.45) is 0 Å². The van der Waals surface area contributed by atoms with Crippen LogP contribution in [0, 0.1) is 0 Å². The Morgan fingerprint density at radius 1 is 1.05 bits per heavy atom. The molecule has 4 nitrogen and oxygen atoms in total. The summed E-state index contributed by atoms with van der Waals surface area (Å²) in [5.41, 5.74) is 3.00. The molecule has 1 heterocycles. The lowest BCUT2D eigenvalue weighted by atomic mass is 10.1. The highest BCUT2D eigenvalue weighted by Gasteiger charge is 2.06. The number of hydrogen-bond donors (Lipinski definition) is 2. The van der Waals surface area contributed by atoms with Gasteiger partial charge < -0.3 is 9.67 Å². The second kappa shape index (κ2) is 5.86.